The van der Waals surface area contributed by atoms with Gasteiger partial charge >= 0.3 is 17.9 Å². The van der Waals surface area contributed by atoms with E-state index in [4.69, 9.17) is 15.2 Å². The van der Waals surface area contributed by atoms with E-state index in [-0.39, 0.29) is 24.7 Å². The second kappa shape index (κ2) is 9.81. The Morgan fingerprint density at radius 3 is 2.46 bits per heavy atom. The number of alkyl carbamates (subject to hydrolysis) is 1. The van der Waals surface area contributed by atoms with E-state index in [0.717, 1.165) is 9.47 Å². The molecule has 0 radical (unpaired) electrons. The number of H-pyrrole nitrogens is 1. The van der Waals surface area contributed by atoms with Crippen LogP contribution in [0.3, 0.4) is 0 Å². The summed E-state index contributed by atoms with van der Waals surface area (Å²) < 4.78 is 10.9. The minimum Gasteiger partial charge on any atom is -0.449 e. The van der Waals surface area contributed by atoms with Crippen LogP contribution in [0.2, 0.25) is 0 Å². The zero-order valence-electron chi connectivity index (χ0n) is 17.0. The van der Waals surface area contributed by atoms with Crippen molar-refractivity contribution in [3.8, 4) is 0 Å². The molecule has 0 aliphatic carbocycles. The van der Waals surface area contributed by atoms with Crippen molar-refractivity contribution in [1.29, 1.82) is 0 Å². The van der Waals surface area contributed by atoms with E-state index in [1.54, 1.807) is 27.7 Å². The van der Waals surface area contributed by atoms with Crippen LogP contribution >= 0.6 is 0 Å². The van der Waals surface area contributed by atoms with Gasteiger partial charge in [0.25, 0.3) is 5.56 Å². The molecular weight excluding hydrogens is 370 g/mol. The molecule has 0 aliphatic rings. The topological polar surface area (TPSA) is 149 Å². The molecule has 0 fully saturated rings. The van der Waals surface area contributed by atoms with Crippen LogP contribution in [0.5, 0.6) is 0 Å². The van der Waals surface area contributed by atoms with E-state index in [1.165, 1.54) is 7.05 Å². The Hall–Kier alpha value is -2.98. The lowest BCUT2D eigenvalue weighted by atomic mass is 10.2. The number of nitrogens with zero attached hydrogens (tertiary/aromatic N) is 2. The maximum absolute atomic E-state index is 12.4. The van der Waals surface area contributed by atoms with E-state index < -0.39 is 29.0 Å². The van der Waals surface area contributed by atoms with Gasteiger partial charge in [-0.3, -0.25) is 19.2 Å². The second-order valence-electron chi connectivity index (χ2n) is 7.04. The molecule has 0 saturated carbocycles. The summed E-state index contributed by atoms with van der Waals surface area (Å²) in [6.45, 7) is 7.47. The predicted octanol–water partition coefficient (Wildman–Crippen LogP) is 0.924. The third-order valence-electron chi connectivity index (χ3n) is 3.54. The van der Waals surface area contributed by atoms with Crippen LogP contribution in [0.4, 0.5) is 21.1 Å². The van der Waals surface area contributed by atoms with E-state index in [0.29, 0.717) is 19.4 Å². The highest BCUT2D eigenvalue weighted by Crippen LogP contribution is 2.16. The SMILES string of the molecule is CCOC(=O)N(CCCCNC(=O)OC(C)(C)C)c1c(N)[nH]c(=O)n(C)c1=O. The second-order valence-corrected chi connectivity index (χ2v) is 7.04. The molecule has 0 aliphatic heterocycles. The first-order chi connectivity index (χ1) is 13.0. The lowest BCUT2D eigenvalue weighted by Crippen LogP contribution is -2.43. The number of unbranched alkanes of at least 4 members (excludes halogenated alkanes) is 1. The van der Waals surface area contributed by atoms with Gasteiger partial charge in [0.15, 0.2) is 5.69 Å². The maximum atomic E-state index is 12.4. The first-order valence-electron chi connectivity index (χ1n) is 8.97. The minimum atomic E-state index is -0.751. The summed E-state index contributed by atoms with van der Waals surface area (Å²) in [7, 11) is 1.28. The quantitative estimate of drug-likeness (QED) is 0.577. The molecule has 11 heteroatoms. The number of rotatable bonds is 7. The molecular formula is C17H29N5O6. The zero-order chi connectivity index (χ0) is 21.5. The number of anilines is 2. The van der Waals surface area contributed by atoms with Crippen molar-refractivity contribution < 1.29 is 19.1 Å². The lowest BCUT2D eigenvalue weighted by molar-refractivity contribution is 0.0527. The number of nitrogen functional groups attached to an aromatic ring is 1. The fourth-order valence-corrected chi connectivity index (χ4v) is 2.28. The number of hydrogen-bond donors (Lipinski definition) is 3. The first kappa shape index (κ1) is 23.1. The molecule has 158 valence electrons. The maximum Gasteiger partial charge on any atom is 0.414 e. The third kappa shape index (κ3) is 6.63. The van der Waals surface area contributed by atoms with E-state index in [9.17, 15) is 19.2 Å². The Balaban J connectivity index is 2.80. The van der Waals surface area contributed by atoms with E-state index in [2.05, 4.69) is 10.3 Å². The zero-order valence-corrected chi connectivity index (χ0v) is 17.0. The summed E-state index contributed by atoms with van der Waals surface area (Å²) in [5.74, 6) is -0.215. The molecule has 11 nitrogen and oxygen atoms in total. The lowest BCUT2D eigenvalue weighted by Gasteiger charge is -2.23. The highest BCUT2D eigenvalue weighted by Gasteiger charge is 2.24. The highest BCUT2D eigenvalue weighted by atomic mass is 16.6. The Kier molecular flexibility index (Phi) is 8.08. The molecule has 2 amide bonds. The molecule has 0 unspecified atom stereocenters. The Morgan fingerprint density at radius 1 is 1.25 bits per heavy atom. The molecule has 0 atom stereocenters. The van der Waals surface area contributed by atoms with Crippen LogP contribution in [0.1, 0.15) is 40.5 Å². The summed E-state index contributed by atoms with van der Waals surface area (Å²) in [6.07, 6.45) is -0.332. The van der Waals surface area contributed by atoms with Gasteiger partial charge in [0.1, 0.15) is 11.4 Å². The van der Waals surface area contributed by atoms with Crippen molar-refractivity contribution in [2.45, 2.75) is 46.1 Å². The van der Waals surface area contributed by atoms with Crippen LogP contribution in [0, 0.1) is 0 Å². The normalized spacial score (nSPS) is 11.0. The summed E-state index contributed by atoms with van der Waals surface area (Å²) in [4.78, 5) is 51.4. The Bertz CT molecular complexity index is 808. The monoisotopic (exact) mass is 399 g/mol. The minimum absolute atomic E-state index is 0.110. The van der Waals surface area contributed by atoms with Gasteiger partial charge in [-0.2, -0.15) is 0 Å². The number of nitrogens with one attached hydrogen (secondary N) is 2. The summed E-state index contributed by atoms with van der Waals surface area (Å²) >= 11 is 0. The van der Waals surface area contributed by atoms with Gasteiger partial charge in [-0.25, -0.2) is 14.4 Å². The van der Waals surface area contributed by atoms with Crippen molar-refractivity contribution in [2.75, 3.05) is 30.3 Å². The van der Waals surface area contributed by atoms with Crippen molar-refractivity contribution in [1.82, 2.24) is 14.9 Å². The van der Waals surface area contributed by atoms with Crippen LogP contribution in [-0.2, 0) is 16.5 Å². The molecule has 28 heavy (non-hydrogen) atoms. The van der Waals surface area contributed by atoms with Gasteiger partial charge in [-0.05, 0) is 40.5 Å². The van der Waals surface area contributed by atoms with E-state index in [1.807, 2.05) is 0 Å². The van der Waals surface area contributed by atoms with Gasteiger partial charge in [0, 0.05) is 20.1 Å². The van der Waals surface area contributed by atoms with E-state index >= 15 is 0 Å². The molecule has 1 aromatic rings. The number of nitrogens with two attached hydrogens (primary N) is 1. The first-order valence-corrected chi connectivity index (χ1v) is 8.97. The van der Waals surface area contributed by atoms with Gasteiger partial charge in [-0.15, -0.1) is 0 Å². The van der Waals surface area contributed by atoms with Crippen LogP contribution in [0.25, 0.3) is 0 Å². The number of carbonyl (C=O) groups is 2. The van der Waals surface area contributed by atoms with Crippen molar-refractivity contribution in [3.63, 3.8) is 0 Å². The number of ether oxygens (including phenoxy) is 2. The van der Waals surface area contributed by atoms with Crippen LogP contribution in [0.15, 0.2) is 9.59 Å². The molecule has 1 heterocycles. The summed E-state index contributed by atoms with van der Waals surface area (Å²) in [6, 6.07) is 0. The van der Waals surface area contributed by atoms with Crippen molar-refractivity contribution >= 4 is 23.7 Å². The van der Waals surface area contributed by atoms with Crippen LogP contribution in [-0.4, -0.2) is 47.0 Å². The van der Waals surface area contributed by atoms with Gasteiger partial charge in [0.05, 0.1) is 6.61 Å². The summed E-state index contributed by atoms with van der Waals surface area (Å²) in [5.41, 5.74) is 3.63. The number of aromatic nitrogens is 2. The number of aromatic amines is 1. The number of amides is 2. The summed E-state index contributed by atoms with van der Waals surface area (Å²) in [5, 5.41) is 2.61. The molecule has 1 rings (SSSR count). The fourth-order valence-electron chi connectivity index (χ4n) is 2.28. The number of carbonyl (C=O) groups excluding carboxylic acids is 2. The Labute approximate surface area is 162 Å². The van der Waals surface area contributed by atoms with Crippen molar-refractivity contribution in [3.05, 3.63) is 20.8 Å². The Morgan fingerprint density at radius 2 is 1.89 bits per heavy atom. The standard InChI is InChI=1S/C17H29N5O6/c1-6-27-16(26)22(11-12(18)20-14(24)21(5)13(11)23)10-8-7-9-19-15(25)28-17(2,3)4/h6-10,18H2,1-5H3,(H,19,25)(H,20,24). The molecule has 0 aromatic carbocycles. The van der Waals surface area contributed by atoms with Gasteiger partial charge < -0.3 is 20.5 Å². The van der Waals surface area contributed by atoms with Crippen molar-refractivity contribution in [2.24, 2.45) is 7.05 Å². The fraction of sp³-hybridized carbons (Fsp3) is 0.647. The smallest absolute Gasteiger partial charge is 0.414 e. The van der Waals surface area contributed by atoms with Gasteiger partial charge in [-0.1, -0.05) is 0 Å². The predicted molar refractivity (Wildman–Crippen MR) is 105 cm³/mol. The molecule has 4 N–H and O–H groups in total. The molecule has 0 saturated heterocycles. The van der Waals surface area contributed by atoms with Crippen LogP contribution < -0.4 is 27.2 Å². The molecule has 0 spiro atoms. The number of hydrogen-bond acceptors (Lipinski definition) is 7. The molecule has 1 aromatic heterocycles. The largest absolute Gasteiger partial charge is 0.449 e. The van der Waals surface area contributed by atoms with Gasteiger partial charge in [0.2, 0.25) is 0 Å². The highest BCUT2D eigenvalue weighted by molar-refractivity contribution is 5.90. The molecule has 0 bridgehead atoms. The third-order valence-corrected chi connectivity index (χ3v) is 3.54. The average Bonchev–Trinajstić information content (AvgIpc) is 2.56. The average molecular weight is 399 g/mol.